The normalized spacial score (nSPS) is 19.2. The first-order valence-corrected chi connectivity index (χ1v) is 8.89. The molecule has 1 aliphatic heterocycles. The van der Waals surface area contributed by atoms with Gasteiger partial charge in [-0.2, -0.15) is 0 Å². The average Bonchev–Trinajstić information content (AvgIpc) is 2.96. The second-order valence-electron chi connectivity index (χ2n) is 7.21. The molecule has 0 aliphatic carbocycles. The number of carbonyl (C=O) groups is 1. The number of aliphatic imine (C=N–C) groups is 1. The van der Waals surface area contributed by atoms with Gasteiger partial charge in [-0.3, -0.25) is 9.89 Å². The molecule has 0 aromatic rings. The van der Waals surface area contributed by atoms with Gasteiger partial charge >= 0.3 is 6.09 Å². The number of hydrogen-bond acceptors (Lipinski definition) is 4. The Hall–Kier alpha value is -1.50. The molecule has 1 atom stereocenters. The lowest BCUT2D eigenvalue weighted by molar-refractivity contribution is 0.0302. The monoisotopic (exact) mass is 341 g/mol. The van der Waals surface area contributed by atoms with Crippen molar-refractivity contribution >= 4 is 12.1 Å². The van der Waals surface area contributed by atoms with E-state index in [1.165, 1.54) is 19.4 Å². The highest BCUT2D eigenvalue weighted by atomic mass is 16.6. The largest absolute Gasteiger partial charge is 0.444 e. The van der Waals surface area contributed by atoms with Crippen LogP contribution in [0.4, 0.5) is 4.79 Å². The molecule has 24 heavy (non-hydrogen) atoms. The maximum Gasteiger partial charge on any atom is 0.410 e. The van der Waals surface area contributed by atoms with Gasteiger partial charge in [-0.1, -0.05) is 6.92 Å². The van der Waals surface area contributed by atoms with E-state index < -0.39 is 5.60 Å². The van der Waals surface area contributed by atoms with Gasteiger partial charge in [0.2, 0.25) is 0 Å². The smallest absolute Gasteiger partial charge is 0.410 e. The van der Waals surface area contributed by atoms with Crippen LogP contribution in [-0.4, -0.2) is 80.3 Å². The van der Waals surface area contributed by atoms with Crippen LogP contribution in [-0.2, 0) is 4.74 Å². The fourth-order valence-electron chi connectivity index (χ4n) is 2.75. The van der Waals surface area contributed by atoms with E-state index >= 15 is 0 Å². The van der Waals surface area contributed by atoms with Crippen LogP contribution in [0.15, 0.2) is 4.99 Å². The minimum absolute atomic E-state index is 0.309. The third-order valence-corrected chi connectivity index (χ3v) is 4.08. The molecule has 0 bridgehead atoms. The molecule has 1 aliphatic rings. The quantitative estimate of drug-likeness (QED) is 0.566. The van der Waals surface area contributed by atoms with E-state index in [0.717, 1.165) is 19.0 Å². The van der Waals surface area contributed by atoms with Gasteiger partial charge in [0, 0.05) is 39.8 Å². The minimum Gasteiger partial charge on any atom is -0.444 e. The lowest BCUT2D eigenvalue weighted by atomic mass is 10.2. The highest BCUT2D eigenvalue weighted by Gasteiger charge is 2.23. The van der Waals surface area contributed by atoms with Crippen LogP contribution in [0.5, 0.6) is 0 Å². The Bertz CT molecular complexity index is 420. The Morgan fingerprint density at radius 2 is 2.08 bits per heavy atom. The van der Waals surface area contributed by atoms with Crippen molar-refractivity contribution < 1.29 is 9.53 Å². The minimum atomic E-state index is -0.469. The van der Waals surface area contributed by atoms with Gasteiger partial charge in [0.1, 0.15) is 5.60 Å². The fourth-order valence-corrected chi connectivity index (χ4v) is 2.75. The first kappa shape index (κ1) is 20.5. The van der Waals surface area contributed by atoms with Crippen molar-refractivity contribution in [2.75, 3.05) is 46.8 Å². The van der Waals surface area contributed by atoms with E-state index in [4.69, 9.17) is 4.74 Å². The van der Waals surface area contributed by atoms with Gasteiger partial charge in [-0.05, 0) is 46.7 Å². The number of amides is 1. The highest BCUT2D eigenvalue weighted by molar-refractivity contribution is 5.79. The third-order valence-electron chi connectivity index (χ3n) is 4.08. The van der Waals surface area contributed by atoms with Gasteiger partial charge in [-0.15, -0.1) is 0 Å². The molecule has 1 amide bonds. The molecule has 2 N–H and O–H groups in total. The maximum absolute atomic E-state index is 11.9. The van der Waals surface area contributed by atoms with Crippen molar-refractivity contribution in [2.45, 2.75) is 52.2 Å². The molecule has 7 heteroatoms. The molecule has 1 heterocycles. The van der Waals surface area contributed by atoms with E-state index in [1.54, 1.807) is 19.0 Å². The van der Waals surface area contributed by atoms with Crippen LogP contribution in [0.2, 0.25) is 0 Å². The summed E-state index contributed by atoms with van der Waals surface area (Å²) < 4.78 is 5.33. The lowest BCUT2D eigenvalue weighted by Crippen LogP contribution is -2.46. The van der Waals surface area contributed by atoms with Crippen molar-refractivity contribution in [1.82, 2.24) is 20.4 Å². The van der Waals surface area contributed by atoms with Crippen LogP contribution in [0.1, 0.15) is 40.5 Å². The summed E-state index contributed by atoms with van der Waals surface area (Å²) in [5.74, 6) is 0.774. The summed E-state index contributed by atoms with van der Waals surface area (Å²) in [6, 6.07) is 0.581. The average molecular weight is 342 g/mol. The van der Waals surface area contributed by atoms with E-state index in [0.29, 0.717) is 19.1 Å². The molecule has 0 aromatic carbocycles. The molecule has 1 rings (SSSR count). The van der Waals surface area contributed by atoms with Crippen LogP contribution >= 0.6 is 0 Å². The number of likely N-dealkylation sites (N-methyl/N-ethyl adjacent to an activating group) is 2. The topological polar surface area (TPSA) is 69.2 Å². The predicted molar refractivity (Wildman–Crippen MR) is 98.5 cm³/mol. The second kappa shape index (κ2) is 9.71. The zero-order valence-electron chi connectivity index (χ0n) is 16.2. The summed E-state index contributed by atoms with van der Waals surface area (Å²) in [6.07, 6.45) is 2.20. The Balaban J connectivity index is 2.28. The van der Waals surface area contributed by atoms with Crippen LogP contribution < -0.4 is 10.6 Å². The van der Waals surface area contributed by atoms with Gasteiger partial charge in [0.15, 0.2) is 5.96 Å². The Morgan fingerprint density at radius 1 is 1.38 bits per heavy atom. The molecule has 1 unspecified atom stereocenters. The van der Waals surface area contributed by atoms with E-state index in [2.05, 4.69) is 27.4 Å². The Morgan fingerprint density at radius 3 is 2.67 bits per heavy atom. The summed E-state index contributed by atoms with van der Waals surface area (Å²) in [6.45, 7) is 12.2. The van der Waals surface area contributed by atoms with Crippen molar-refractivity contribution in [3.05, 3.63) is 0 Å². The standard InChI is InChI=1S/C17H35N5O2/c1-7-22-11-8-9-14(22)13-20-15(18-5)19-10-12-21(6)16(23)24-17(2,3)4/h14H,7-13H2,1-6H3,(H2,18,19,20). The highest BCUT2D eigenvalue weighted by Crippen LogP contribution is 2.15. The van der Waals surface area contributed by atoms with E-state index in [-0.39, 0.29) is 6.09 Å². The lowest BCUT2D eigenvalue weighted by Gasteiger charge is -2.25. The molecule has 1 saturated heterocycles. The number of guanidine groups is 1. The predicted octanol–water partition coefficient (Wildman–Crippen LogP) is 1.50. The molecule has 7 nitrogen and oxygen atoms in total. The van der Waals surface area contributed by atoms with Crippen molar-refractivity contribution in [3.63, 3.8) is 0 Å². The summed E-state index contributed by atoms with van der Waals surface area (Å²) in [7, 11) is 3.50. The number of nitrogens with one attached hydrogen (secondary N) is 2. The summed E-state index contributed by atoms with van der Waals surface area (Å²) >= 11 is 0. The molecular weight excluding hydrogens is 306 g/mol. The van der Waals surface area contributed by atoms with Gasteiger partial charge in [0.05, 0.1) is 0 Å². The SMILES string of the molecule is CCN1CCCC1CNC(=NC)NCCN(C)C(=O)OC(C)(C)C. The molecule has 1 fully saturated rings. The molecule has 0 aromatic heterocycles. The van der Waals surface area contributed by atoms with E-state index in [9.17, 15) is 4.79 Å². The van der Waals surface area contributed by atoms with Gasteiger partial charge in [-0.25, -0.2) is 4.79 Å². The van der Waals surface area contributed by atoms with Crippen molar-refractivity contribution in [1.29, 1.82) is 0 Å². The number of carbonyl (C=O) groups excluding carboxylic acids is 1. The van der Waals surface area contributed by atoms with Crippen molar-refractivity contribution in [3.8, 4) is 0 Å². The Kier molecular flexibility index (Phi) is 8.31. The number of ether oxygens (including phenoxy) is 1. The molecule has 0 saturated carbocycles. The van der Waals surface area contributed by atoms with Crippen molar-refractivity contribution in [2.24, 2.45) is 4.99 Å². The molecule has 0 radical (unpaired) electrons. The summed E-state index contributed by atoms with van der Waals surface area (Å²) in [5, 5.41) is 6.63. The number of nitrogens with zero attached hydrogens (tertiary/aromatic N) is 3. The zero-order chi connectivity index (χ0) is 18.2. The van der Waals surface area contributed by atoms with Gasteiger partial charge < -0.3 is 20.3 Å². The number of hydrogen-bond donors (Lipinski definition) is 2. The molecular formula is C17H35N5O2. The van der Waals surface area contributed by atoms with E-state index in [1.807, 2.05) is 20.8 Å². The molecule has 140 valence electrons. The molecule has 0 spiro atoms. The first-order valence-electron chi connectivity index (χ1n) is 8.89. The maximum atomic E-state index is 11.9. The van der Waals surface area contributed by atoms with Crippen LogP contribution in [0.3, 0.4) is 0 Å². The number of rotatable bonds is 6. The Labute approximate surface area is 146 Å². The van der Waals surface area contributed by atoms with Crippen LogP contribution in [0.25, 0.3) is 0 Å². The summed E-state index contributed by atoms with van der Waals surface area (Å²) in [5.41, 5.74) is -0.469. The second-order valence-corrected chi connectivity index (χ2v) is 7.21. The third kappa shape index (κ3) is 7.38. The van der Waals surface area contributed by atoms with Gasteiger partial charge in [0.25, 0.3) is 0 Å². The number of likely N-dealkylation sites (tertiary alicyclic amines) is 1. The van der Waals surface area contributed by atoms with Crippen LogP contribution in [0, 0.1) is 0 Å². The fraction of sp³-hybridized carbons (Fsp3) is 0.882. The first-order chi connectivity index (χ1) is 11.3. The summed E-state index contributed by atoms with van der Waals surface area (Å²) in [4.78, 5) is 20.2. The zero-order valence-corrected chi connectivity index (χ0v) is 16.2.